The maximum absolute atomic E-state index is 12.2. The molecule has 6 nitrogen and oxygen atoms in total. The summed E-state index contributed by atoms with van der Waals surface area (Å²) in [7, 11) is 1.69. The third kappa shape index (κ3) is 2.19. The molecule has 0 amide bonds. The molecule has 0 bridgehead atoms. The van der Waals surface area contributed by atoms with Crippen LogP contribution in [0.4, 0.5) is 0 Å². The van der Waals surface area contributed by atoms with Crippen LogP contribution in [-0.2, 0) is 11.8 Å². The monoisotopic (exact) mass is 261 g/mol. The number of hydrogen-bond acceptors (Lipinski definition) is 5. The van der Waals surface area contributed by atoms with E-state index in [4.69, 9.17) is 9.47 Å². The zero-order chi connectivity index (χ0) is 13.4. The van der Waals surface area contributed by atoms with Crippen LogP contribution < -0.4 is 10.3 Å². The quantitative estimate of drug-likeness (QED) is 0.800. The van der Waals surface area contributed by atoms with Gasteiger partial charge < -0.3 is 9.47 Å². The van der Waals surface area contributed by atoms with E-state index in [-0.39, 0.29) is 11.7 Å². The number of ether oxygens (including phenoxy) is 2. The molecule has 0 aliphatic carbocycles. The highest BCUT2D eigenvalue weighted by atomic mass is 16.5. The molecule has 0 saturated carbocycles. The van der Waals surface area contributed by atoms with Crippen LogP contribution in [0.1, 0.15) is 12.2 Å². The molecule has 0 N–H and O–H groups in total. The maximum Gasteiger partial charge on any atom is 0.294 e. The topological polar surface area (TPSA) is 66.2 Å². The van der Waals surface area contributed by atoms with Gasteiger partial charge in [-0.05, 0) is 13.0 Å². The van der Waals surface area contributed by atoms with Crippen LogP contribution in [0, 0.1) is 6.92 Å². The number of pyridine rings is 1. The van der Waals surface area contributed by atoms with Crippen molar-refractivity contribution < 1.29 is 9.47 Å². The molecule has 0 spiro atoms. The summed E-state index contributed by atoms with van der Waals surface area (Å²) in [5, 5.41) is 0.793. The molecule has 0 aromatic carbocycles. The lowest BCUT2D eigenvalue weighted by Gasteiger charge is -2.13. The van der Waals surface area contributed by atoms with Crippen molar-refractivity contribution in [1.82, 2.24) is 14.5 Å². The van der Waals surface area contributed by atoms with E-state index in [1.807, 2.05) is 0 Å². The van der Waals surface area contributed by atoms with Gasteiger partial charge in [-0.3, -0.25) is 9.36 Å². The first-order valence-electron chi connectivity index (χ1n) is 6.23. The van der Waals surface area contributed by atoms with Gasteiger partial charge in [-0.25, -0.2) is 9.97 Å². The van der Waals surface area contributed by atoms with Gasteiger partial charge in [-0.2, -0.15) is 0 Å². The zero-order valence-corrected chi connectivity index (χ0v) is 10.9. The molecule has 6 heteroatoms. The van der Waals surface area contributed by atoms with Crippen LogP contribution in [0.25, 0.3) is 11.0 Å². The van der Waals surface area contributed by atoms with Crippen LogP contribution in [0.3, 0.4) is 0 Å². The van der Waals surface area contributed by atoms with Crippen molar-refractivity contribution in [2.75, 3.05) is 13.2 Å². The molecule has 1 saturated heterocycles. The predicted octanol–water partition coefficient (Wildman–Crippen LogP) is 0.805. The fourth-order valence-electron chi connectivity index (χ4n) is 2.17. The summed E-state index contributed by atoms with van der Waals surface area (Å²) < 4.78 is 12.5. The smallest absolute Gasteiger partial charge is 0.294 e. The molecule has 3 rings (SSSR count). The zero-order valence-electron chi connectivity index (χ0n) is 10.9. The lowest BCUT2D eigenvalue weighted by atomic mass is 10.3. The average Bonchev–Trinajstić information content (AvgIpc) is 2.89. The summed E-state index contributed by atoms with van der Waals surface area (Å²) in [5.74, 6) is 0.971. The standard InChI is InChI=1S/C13H15N3O3/c1-8-14-6-9-5-11(19-10-3-4-18-7-10)13(17)16(2)12(9)15-8/h5-6,10H,3-4,7H2,1-2H3/t10-/m0/s1. The highest BCUT2D eigenvalue weighted by molar-refractivity contribution is 5.75. The van der Waals surface area contributed by atoms with Gasteiger partial charge in [0.05, 0.1) is 13.2 Å². The van der Waals surface area contributed by atoms with Gasteiger partial charge in [0.15, 0.2) is 5.75 Å². The third-order valence-electron chi connectivity index (χ3n) is 3.22. The number of rotatable bonds is 2. The summed E-state index contributed by atoms with van der Waals surface area (Å²) in [6, 6.07) is 1.70. The Morgan fingerprint density at radius 2 is 2.37 bits per heavy atom. The molecule has 1 atom stereocenters. The Bertz CT molecular complexity index is 675. The minimum Gasteiger partial charge on any atom is -0.482 e. The van der Waals surface area contributed by atoms with Gasteiger partial charge in [0.2, 0.25) is 0 Å². The molecular weight excluding hydrogens is 246 g/mol. The van der Waals surface area contributed by atoms with E-state index in [9.17, 15) is 4.79 Å². The Balaban J connectivity index is 2.07. The van der Waals surface area contributed by atoms with Gasteiger partial charge in [0, 0.05) is 25.1 Å². The van der Waals surface area contributed by atoms with Crippen LogP contribution in [0.5, 0.6) is 5.75 Å². The molecule has 0 radical (unpaired) electrons. The second-order valence-corrected chi connectivity index (χ2v) is 4.67. The van der Waals surface area contributed by atoms with Crippen LogP contribution in [0.2, 0.25) is 0 Å². The molecule has 2 aromatic rings. The van der Waals surface area contributed by atoms with Crippen molar-refractivity contribution in [3.05, 3.63) is 28.4 Å². The van der Waals surface area contributed by atoms with Crippen molar-refractivity contribution in [1.29, 1.82) is 0 Å². The fourth-order valence-corrected chi connectivity index (χ4v) is 2.17. The van der Waals surface area contributed by atoms with E-state index >= 15 is 0 Å². The summed E-state index contributed by atoms with van der Waals surface area (Å²) in [6.07, 6.45) is 2.47. The highest BCUT2D eigenvalue weighted by Crippen LogP contribution is 2.17. The second kappa shape index (κ2) is 4.62. The SMILES string of the molecule is Cc1ncc2cc(O[C@H]3CCOC3)c(=O)n(C)c2n1. The van der Waals surface area contributed by atoms with Gasteiger partial charge in [0.1, 0.15) is 17.6 Å². The highest BCUT2D eigenvalue weighted by Gasteiger charge is 2.19. The molecule has 1 fully saturated rings. The first kappa shape index (κ1) is 12.1. The third-order valence-corrected chi connectivity index (χ3v) is 3.22. The van der Waals surface area contributed by atoms with E-state index in [2.05, 4.69) is 9.97 Å². The van der Waals surface area contributed by atoms with E-state index in [1.165, 1.54) is 4.57 Å². The van der Waals surface area contributed by atoms with Crippen molar-refractivity contribution in [3.8, 4) is 5.75 Å². The first-order valence-corrected chi connectivity index (χ1v) is 6.23. The summed E-state index contributed by atoms with van der Waals surface area (Å²) in [6.45, 7) is 3.01. The van der Waals surface area contributed by atoms with E-state index < -0.39 is 0 Å². The Kier molecular flexibility index (Phi) is 2.94. The molecule has 2 aromatic heterocycles. The minimum absolute atomic E-state index is 0.0449. The van der Waals surface area contributed by atoms with Gasteiger partial charge >= 0.3 is 0 Å². The number of fused-ring (bicyclic) bond motifs is 1. The summed E-state index contributed by atoms with van der Waals surface area (Å²) >= 11 is 0. The lowest BCUT2D eigenvalue weighted by Crippen LogP contribution is -2.25. The van der Waals surface area contributed by atoms with Crippen molar-refractivity contribution in [3.63, 3.8) is 0 Å². The van der Waals surface area contributed by atoms with Gasteiger partial charge in [0.25, 0.3) is 5.56 Å². The van der Waals surface area contributed by atoms with Crippen LogP contribution in [-0.4, -0.2) is 33.9 Å². The Morgan fingerprint density at radius 1 is 1.53 bits per heavy atom. The second-order valence-electron chi connectivity index (χ2n) is 4.67. The molecule has 0 unspecified atom stereocenters. The Morgan fingerprint density at radius 3 is 3.11 bits per heavy atom. The van der Waals surface area contributed by atoms with Crippen LogP contribution in [0.15, 0.2) is 17.1 Å². The Hall–Kier alpha value is -1.95. The molecule has 1 aliphatic heterocycles. The minimum atomic E-state index is -0.183. The summed E-state index contributed by atoms with van der Waals surface area (Å²) in [5.41, 5.74) is 0.435. The fraction of sp³-hybridized carbons (Fsp3) is 0.462. The van der Waals surface area contributed by atoms with E-state index in [1.54, 1.807) is 26.2 Å². The lowest BCUT2D eigenvalue weighted by molar-refractivity contribution is 0.140. The maximum atomic E-state index is 12.2. The van der Waals surface area contributed by atoms with E-state index in [0.717, 1.165) is 11.8 Å². The van der Waals surface area contributed by atoms with Gasteiger partial charge in [-0.1, -0.05) is 0 Å². The van der Waals surface area contributed by atoms with E-state index in [0.29, 0.717) is 30.4 Å². The predicted molar refractivity (Wildman–Crippen MR) is 69.4 cm³/mol. The van der Waals surface area contributed by atoms with Crippen LogP contribution >= 0.6 is 0 Å². The van der Waals surface area contributed by atoms with Crippen molar-refractivity contribution in [2.24, 2.45) is 7.05 Å². The Labute approximate surface area is 110 Å². The average molecular weight is 261 g/mol. The molecule has 100 valence electrons. The molecule has 1 aliphatic rings. The number of aromatic nitrogens is 3. The van der Waals surface area contributed by atoms with Crippen molar-refractivity contribution >= 4 is 11.0 Å². The number of hydrogen-bond donors (Lipinski definition) is 0. The van der Waals surface area contributed by atoms with Crippen molar-refractivity contribution in [2.45, 2.75) is 19.4 Å². The first-order chi connectivity index (χ1) is 9.15. The number of nitrogens with zero attached hydrogens (tertiary/aromatic N) is 3. The number of aryl methyl sites for hydroxylation is 2. The normalized spacial score (nSPS) is 18.9. The van der Waals surface area contributed by atoms with Gasteiger partial charge in [-0.15, -0.1) is 0 Å². The molecular formula is C13H15N3O3. The summed E-state index contributed by atoms with van der Waals surface area (Å²) in [4.78, 5) is 20.6. The largest absolute Gasteiger partial charge is 0.482 e. The molecule has 3 heterocycles. The molecule has 19 heavy (non-hydrogen) atoms.